The SMILES string of the molecule is COCCN(CCN(CCOC)C(=O)C(C)(C)C)C(=O)OCc1ccc(NC(=O)[C@H](CCCNC(N)=O)CC(=O)[C@@H](NC(=O)CCOCCOCCOCCOCCOCCOCCN2C(=O)C=CC2=O)C(C)C)cc1. The summed E-state index contributed by atoms with van der Waals surface area (Å²) >= 11 is 0. The Morgan fingerprint density at radius 2 is 1.17 bits per heavy atom. The maximum absolute atomic E-state index is 13.7. The van der Waals surface area contributed by atoms with Crippen molar-refractivity contribution in [3.8, 4) is 0 Å². The quantitative estimate of drug-likeness (QED) is 0.0539. The zero-order valence-corrected chi connectivity index (χ0v) is 45.7. The number of nitrogens with two attached hydrogens (primary N) is 1. The van der Waals surface area contributed by atoms with Gasteiger partial charge in [-0.25, -0.2) is 9.59 Å². The molecule has 0 aromatic heterocycles. The minimum absolute atomic E-state index is 0.000419. The van der Waals surface area contributed by atoms with Crippen LogP contribution >= 0.6 is 0 Å². The highest BCUT2D eigenvalue weighted by Crippen LogP contribution is 2.21. The largest absolute Gasteiger partial charge is 0.445 e. The molecule has 1 aromatic rings. The molecule has 430 valence electrons. The number of hydrogen-bond donors (Lipinski definition) is 4. The van der Waals surface area contributed by atoms with Crippen LogP contribution in [-0.4, -0.2) is 214 Å². The van der Waals surface area contributed by atoms with Crippen molar-refractivity contribution in [3.63, 3.8) is 0 Å². The molecule has 24 nitrogen and oxygen atoms in total. The number of urea groups is 1. The number of carbonyl (C=O) groups is 8. The lowest BCUT2D eigenvalue weighted by Gasteiger charge is -2.31. The molecule has 2 rings (SSSR count). The van der Waals surface area contributed by atoms with Gasteiger partial charge in [-0.2, -0.15) is 0 Å². The van der Waals surface area contributed by atoms with Crippen molar-refractivity contribution in [1.29, 1.82) is 0 Å². The predicted molar refractivity (Wildman–Crippen MR) is 279 cm³/mol. The summed E-state index contributed by atoms with van der Waals surface area (Å²) in [6, 6.07) is 5.11. The van der Waals surface area contributed by atoms with Gasteiger partial charge >= 0.3 is 12.1 Å². The van der Waals surface area contributed by atoms with Crippen LogP contribution in [0.4, 0.5) is 15.3 Å². The molecular weight excluding hydrogens is 995 g/mol. The van der Waals surface area contributed by atoms with Crippen LogP contribution in [0.2, 0.25) is 0 Å². The van der Waals surface area contributed by atoms with Crippen LogP contribution < -0.4 is 21.7 Å². The standard InChI is InChI=1S/C52H85N7O17/c1-39(2)47(56-44(61)16-23-70-27-29-72-31-33-74-35-36-75-34-32-73-30-28-71-26-22-59-45(62)14-15-46(59)63)43(60)37-41(9-8-17-54-50(53)66)48(64)55-42-12-10-40(11-13-42)38-76-51(67)58(21-25-69-7)19-18-57(20-24-68-6)49(65)52(3,4)5/h10-15,39,41,47H,8-9,16-38H2,1-7H3,(H,55,64)(H,56,61)(H3,53,54,66)/t41-,47+/m1/s1. The molecule has 8 amide bonds. The van der Waals surface area contributed by atoms with Gasteiger partial charge in [-0.05, 0) is 36.5 Å². The third-order valence-electron chi connectivity index (χ3n) is 11.4. The summed E-state index contributed by atoms with van der Waals surface area (Å²) in [5.74, 6) is -2.99. The first-order valence-corrected chi connectivity index (χ1v) is 25.8. The van der Waals surface area contributed by atoms with E-state index in [-0.39, 0.29) is 127 Å². The minimum atomic E-state index is -0.870. The van der Waals surface area contributed by atoms with Crippen LogP contribution in [-0.2, 0) is 78.0 Å². The van der Waals surface area contributed by atoms with E-state index in [9.17, 15) is 38.4 Å². The Balaban J connectivity index is 1.73. The van der Waals surface area contributed by atoms with E-state index in [0.717, 1.165) is 4.90 Å². The van der Waals surface area contributed by atoms with Gasteiger partial charge in [0.15, 0.2) is 5.78 Å². The van der Waals surface area contributed by atoms with E-state index in [4.69, 9.17) is 48.4 Å². The number of Topliss-reactive ketones (excluding diaryl/α,β-unsaturated/α-hetero) is 1. The summed E-state index contributed by atoms with van der Waals surface area (Å²) in [6.07, 6.45) is 2.29. The topological polar surface area (TPSA) is 291 Å². The summed E-state index contributed by atoms with van der Waals surface area (Å²) in [7, 11) is 3.09. The lowest BCUT2D eigenvalue weighted by atomic mass is 9.89. The summed E-state index contributed by atoms with van der Waals surface area (Å²) in [5.41, 5.74) is 5.69. The molecule has 2 atom stereocenters. The molecule has 5 N–H and O–H groups in total. The Morgan fingerprint density at radius 3 is 1.67 bits per heavy atom. The number of nitrogens with zero attached hydrogens (tertiary/aromatic N) is 3. The molecule has 1 aliphatic heterocycles. The van der Waals surface area contributed by atoms with Crippen molar-refractivity contribution in [2.45, 2.75) is 73.0 Å². The van der Waals surface area contributed by atoms with E-state index < -0.39 is 35.4 Å². The van der Waals surface area contributed by atoms with Gasteiger partial charge < -0.3 is 74.1 Å². The van der Waals surface area contributed by atoms with E-state index in [0.29, 0.717) is 83.7 Å². The van der Waals surface area contributed by atoms with Gasteiger partial charge in [0.25, 0.3) is 11.8 Å². The van der Waals surface area contributed by atoms with Gasteiger partial charge in [-0.3, -0.25) is 33.7 Å². The highest BCUT2D eigenvalue weighted by atomic mass is 16.6. The third-order valence-corrected chi connectivity index (χ3v) is 11.4. The van der Waals surface area contributed by atoms with Gasteiger partial charge in [0.2, 0.25) is 17.7 Å². The Kier molecular flexibility index (Phi) is 34.0. The van der Waals surface area contributed by atoms with Crippen molar-refractivity contribution >= 4 is 53.1 Å². The van der Waals surface area contributed by atoms with Crippen LogP contribution in [0.3, 0.4) is 0 Å². The highest BCUT2D eigenvalue weighted by molar-refractivity contribution is 6.12. The summed E-state index contributed by atoms with van der Waals surface area (Å²) < 4.78 is 48.9. The average Bonchev–Trinajstić information content (AvgIpc) is 3.70. The van der Waals surface area contributed by atoms with E-state index in [2.05, 4.69) is 16.0 Å². The smallest absolute Gasteiger partial charge is 0.410 e. The van der Waals surface area contributed by atoms with E-state index in [1.807, 2.05) is 20.8 Å². The molecule has 0 saturated carbocycles. The van der Waals surface area contributed by atoms with Gasteiger partial charge in [-0.15, -0.1) is 0 Å². The Morgan fingerprint density at radius 1 is 0.671 bits per heavy atom. The number of hydrogen-bond acceptors (Lipinski definition) is 17. The third kappa shape index (κ3) is 29.1. The fraction of sp³-hybridized carbons (Fsp3) is 0.692. The monoisotopic (exact) mass is 1080 g/mol. The number of nitrogens with one attached hydrogen (secondary N) is 3. The molecule has 0 fully saturated rings. The Labute approximate surface area is 447 Å². The molecule has 0 bridgehead atoms. The van der Waals surface area contributed by atoms with Crippen molar-refractivity contribution < 1.29 is 81.0 Å². The molecule has 1 heterocycles. The Hall–Kier alpha value is -5.60. The number of ether oxygens (including phenoxy) is 9. The molecule has 0 aliphatic carbocycles. The van der Waals surface area contributed by atoms with Gasteiger partial charge in [0, 0.05) is 89.0 Å². The van der Waals surface area contributed by atoms with Crippen molar-refractivity contribution in [3.05, 3.63) is 42.0 Å². The molecule has 1 aliphatic rings. The first-order chi connectivity index (χ1) is 36.4. The maximum Gasteiger partial charge on any atom is 0.410 e. The van der Waals surface area contributed by atoms with Crippen molar-refractivity contribution in [1.82, 2.24) is 25.3 Å². The van der Waals surface area contributed by atoms with E-state index >= 15 is 0 Å². The molecular formula is C52H85N7O17. The minimum Gasteiger partial charge on any atom is -0.445 e. The predicted octanol–water partition coefficient (Wildman–Crippen LogP) is 2.31. The number of amides is 8. The van der Waals surface area contributed by atoms with Gasteiger partial charge in [0.05, 0.1) is 105 Å². The van der Waals surface area contributed by atoms with Crippen LogP contribution in [0, 0.1) is 17.3 Å². The molecule has 0 unspecified atom stereocenters. The number of primary amides is 1. The second-order valence-corrected chi connectivity index (χ2v) is 18.9. The number of carbonyl (C=O) groups excluding carboxylic acids is 8. The van der Waals surface area contributed by atoms with Crippen molar-refractivity contribution in [2.24, 2.45) is 23.0 Å². The van der Waals surface area contributed by atoms with Gasteiger partial charge in [-0.1, -0.05) is 46.8 Å². The fourth-order valence-electron chi connectivity index (χ4n) is 7.19. The van der Waals surface area contributed by atoms with Crippen LogP contribution in [0.25, 0.3) is 0 Å². The highest BCUT2D eigenvalue weighted by Gasteiger charge is 2.31. The van der Waals surface area contributed by atoms with Crippen LogP contribution in [0.15, 0.2) is 36.4 Å². The number of methoxy groups -OCH3 is 2. The molecule has 1 aromatic carbocycles. The number of imide groups is 1. The Bertz CT molecular complexity index is 1910. The summed E-state index contributed by atoms with van der Waals surface area (Å²) in [5, 5.41) is 8.17. The average molecular weight is 1080 g/mol. The van der Waals surface area contributed by atoms with E-state index in [1.54, 1.807) is 50.1 Å². The number of ketones is 1. The molecule has 24 heteroatoms. The molecule has 0 saturated heterocycles. The number of rotatable bonds is 43. The second-order valence-electron chi connectivity index (χ2n) is 18.9. The number of benzene rings is 1. The zero-order chi connectivity index (χ0) is 56.1. The zero-order valence-electron chi connectivity index (χ0n) is 45.7. The fourth-order valence-corrected chi connectivity index (χ4v) is 7.19. The normalized spacial score (nSPS) is 13.2. The van der Waals surface area contributed by atoms with Crippen LogP contribution in [0.1, 0.15) is 65.9 Å². The maximum atomic E-state index is 13.7. The van der Waals surface area contributed by atoms with Gasteiger partial charge in [0.1, 0.15) is 6.61 Å². The molecule has 0 radical (unpaired) electrons. The first-order valence-electron chi connectivity index (χ1n) is 25.8. The lowest BCUT2D eigenvalue weighted by molar-refractivity contribution is -0.140. The summed E-state index contributed by atoms with van der Waals surface area (Å²) in [4.78, 5) is 105. The first kappa shape index (κ1) is 66.5. The molecule has 0 spiro atoms. The second kappa shape index (κ2) is 38.9. The lowest BCUT2D eigenvalue weighted by Crippen LogP contribution is -2.46. The molecule has 76 heavy (non-hydrogen) atoms. The number of anilines is 1. The van der Waals surface area contributed by atoms with E-state index in [1.165, 1.54) is 24.2 Å². The van der Waals surface area contributed by atoms with Crippen LogP contribution in [0.5, 0.6) is 0 Å². The summed E-state index contributed by atoms with van der Waals surface area (Å²) in [6.45, 7) is 14.9. The van der Waals surface area contributed by atoms with Crippen molar-refractivity contribution in [2.75, 3.05) is 151 Å².